The van der Waals surface area contributed by atoms with Crippen molar-refractivity contribution < 1.29 is 9.18 Å². The minimum absolute atomic E-state index is 0.0837. The predicted octanol–water partition coefficient (Wildman–Crippen LogP) is 1.39. The Kier molecular flexibility index (Phi) is 2.70. The van der Waals surface area contributed by atoms with Crippen molar-refractivity contribution in [2.45, 2.75) is 6.54 Å². The molecular formula is C10H6ClFN2O2. The van der Waals surface area contributed by atoms with Crippen LogP contribution < -0.4 is 5.56 Å². The van der Waals surface area contributed by atoms with Gasteiger partial charge in [-0.05, 0) is 23.7 Å². The summed E-state index contributed by atoms with van der Waals surface area (Å²) < 4.78 is 14.3. The number of carbonyl (C=O) groups is 1. The van der Waals surface area contributed by atoms with Crippen LogP contribution in [0.2, 0.25) is 5.28 Å². The third-order valence-corrected chi connectivity index (χ3v) is 2.43. The van der Waals surface area contributed by atoms with Gasteiger partial charge in [-0.3, -0.25) is 9.36 Å². The largest absolute Gasteiger partial charge is 0.301 e. The number of hydrogen-bond donors (Lipinski definition) is 0. The summed E-state index contributed by atoms with van der Waals surface area (Å²) in [5.41, 5.74) is -0.610. The van der Waals surface area contributed by atoms with E-state index in [4.69, 9.17) is 11.6 Å². The zero-order chi connectivity index (χ0) is 11.7. The van der Waals surface area contributed by atoms with Crippen molar-refractivity contribution in [2.75, 3.05) is 0 Å². The molecule has 2 aromatic rings. The summed E-state index contributed by atoms with van der Waals surface area (Å²) >= 11 is 5.69. The molecule has 0 radical (unpaired) electrons. The Bertz CT molecular complexity index is 624. The Labute approximate surface area is 94.3 Å². The number of benzene rings is 1. The van der Waals surface area contributed by atoms with E-state index in [-0.39, 0.29) is 22.7 Å². The first-order chi connectivity index (χ1) is 7.65. The molecule has 2 rings (SSSR count). The Hall–Kier alpha value is -1.75. The Balaban J connectivity index is 2.89. The van der Waals surface area contributed by atoms with Gasteiger partial charge < -0.3 is 4.79 Å². The molecule has 1 aromatic heterocycles. The third kappa shape index (κ3) is 1.59. The third-order valence-electron chi connectivity index (χ3n) is 2.15. The van der Waals surface area contributed by atoms with Crippen LogP contribution in [0.3, 0.4) is 0 Å². The molecule has 0 aliphatic heterocycles. The van der Waals surface area contributed by atoms with Crippen molar-refractivity contribution in [3.63, 3.8) is 0 Å². The normalized spacial score (nSPS) is 10.6. The quantitative estimate of drug-likeness (QED) is 0.589. The zero-order valence-electron chi connectivity index (χ0n) is 7.98. The standard InChI is InChI=1S/C10H6ClFN2O2/c11-10-13-8-6(2-1-3-7(8)12)9(16)14(10)4-5-15/h1-3,5H,4H2. The highest BCUT2D eigenvalue weighted by atomic mass is 35.5. The smallest absolute Gasteiger partial charge is 0.262 e. The molecule has 0 aliphatic carbocycles. The number of aldehydes is 1. The number of hydrogen-bond acceptors (Lipinski definition) is 3. The molecule has 0 aliphatic rings. The maximum Gasteiger partial charge on any atom is 0.262 e. The first kappa shape index (κ1) is 10.8. The van der Waals surface area contributed by atoms with E-state index in [1.165, 1.54) is 18.2 Å². The molecule has 0 fully saturated rings. The highest BCUT2D eigenvalue weighted by Crippen LogP contribution is 2.14. The molecule has 0 N–H and O–H groups in total. The van der Waals surface area contributed by atoms with Gasteiger partial charge in [0, 0.05) is 0 Å². The van der Waals surface area contributed by atoms with Crippen molar-refractivity contribution in [3.05, 3.63) is 39.7 Å². The monoisotopic (exact) mass is 240 g/mol. The Morgan fingerprint density at radius 2 is 2.25 bits per heavy atom. The minimum atomic E-state index is -0.616. The lowest BCUT2D eigenvalue weighted by Crippen LogP contribution is -2.23. The summed E-state index contributed by atoms with van der Waals surface area (Å²) in [4.78, 5) is 25.9. The van der Waals surface area contributed by atoms with E-state index in [1.807, 2.05) is 0 Å². The summed E-state index contributed by atoms with van der Waals surface area (Å²) in [5, 5.41) is -0.0963. The second kappa shape index (κ2) is 4.02. The van der Waals surface area contributed by atoms with Crippen LogP contribution in [0.25, 0.3) is 10.9 Å². The molecule has 82 valence electrons. The van der Waals surface area contributed by atoms with Crippen molar-refractivity contribution in [3.8, 4) is 0 Å². The molecule has 0 saturated heterocycles. The molecule has 16 heavy (non-hydrogen) atoms. The van der Waals surface area contributed by atoms with Crippen molar-refractivity contribution in [1.82, 2.24) is 9.55 Å². The van der Waals surface area contributed by atoms with E-state index in [0.29, 0.717) is 6.29 Å². The van der Waals surface area contributed by atoms with Crippen LogP contribution in [0.15, 0.2) is 23.0 Å². The molecule has 0 saturated carbocycles. The Morgan fingerprint density at radius 1 is 1.50 bits per heavy atom. The molecule has 1 aromatic carbocycles. The van der Waals surface area contributed by atoms with Gasteiger partial charge in [-0.25, -0.2) is 9.37 Å². The maximum absolute atomic E-state index is 13.3. The van der Waals surface area contributed by atoms with Gasteiger partial charge in [-0.1, -0.05) is 6.07 Å². The topological polar surface area (TPSA) is 52.0 Å². The van der Waals surface area contributed by atoms with Gasteiger partial charge in [0.25, 0.3) is 5.56 Å². The van der Waals surface area contributed by atoms with Gasteiger partial charge >= 0.3 is 0 Å². The minimum Gasteiger partial charge on any atom is -0.301 e. The summed E-state index contributed by atoms with van der Waals surface area (Å²) in [6, 6.07) is 4.03. The molecule has 0 spiro atoms. The summed E-state index contributed by atoms with van der Waals surface area (Å²) in [6.45, 7) is -0.197. The van der Waals surface area contributed by atoms with E-state index in [9.17, 15) is 14.0 Å². The number of para-hydroxylation sites is 1. The van der Waals surface area contributed by atoms with Crippen LogP contribution in [0.5, 0.6) is 0 Å². The molecule has 0 amide bonds. The van der Waals surface area contributed by atoms with E-state index in [1.54, 1.807) is 0 Å². The number of halogens is 2. The summed E-state index contributed by atoms with van der Waals surface area (Å²) in [6.07, 6.45) is 0.528. The van der Waals surface area contributed by atoms with Crippen LogP contribution in [-0.2, 0) is 11.3 Å². The summed E-state index contributed by atoms with van der Waals surface area (Å²) in [7, 11) is 0. The summed E-state index contributed by atoms with van der Waals surface area (Å²) in [5.74, 6) is -0.616. The van der Waals surface area contributed by atoms with Crippen LogP contribution in [0.4, 0.5) is 4.39 Å². The van der Waals surface area contributed by atoms with Crippen molar-refractivity contribution in [1.29, 1.82) is 0 Å². The van der Waals surface area contributed by atoms with Gasteiger partial charge in [-0.2, -0.15) is 0 Å². The van der Waals surface area contributed by atoms with Crippen molar-refractivity contribution >= 4 is 28.8 Å². The molecule has 6 heteroatoms. The van der Waals surface area contributed by atoms with Gasteiger partial charge in [-0.15, -0.1) is 0 Å². The number of aromatic nitrogens is 2. The molecule has 0 atom stereocenters. The number of rotatable bonds is 2. The first-order valence-corrected chi connectivity index (χ1v) is 4.81. The van der Waals surface area contributed by atoms with Crippen LogP contribution in [0, 0.1) is 5.82 Å². The fourth-order valence-corrected chi connectivity index (χ4v) is 1.65. The lowest BCUT2D eigenvalue weighted by atomic mass is 10.2. The molecule has 0 unspecified atom stereocenters. The molecule has 4 nitrogen and oxygen atoms in total. The molecule has 0 bridgehead atoms. The first-order valence-electron chi connectivity index (χ1n) is 4.43. The second-order valence-electron chi connectivity index (χ2n) is 3.10. The maximum atomic E-state index is 13.3. The lowest BCUT2D eigenvalue weighted by molar-refractivity contribution is -0.108. The van der Waals surface area contributed by atoms with E-state index in [0.717, 1.165) is 4.57 Å². The highest BCUT2D eigenvalue weighted by Gasteiger charge is 2.11. The van der Waals surface area contributed by atoms with Gasteiger partial charge in [0.05, 0.1) is 11.9 Å². The number of fused-ring (bicyclic) bond motifs is 1. The van der Waals surface area contributed by atoms with Crippen LogP contribution in [-0.4, -0.2) is 15.8 Å². The lowest BCUT2D eigenvalue weighted by Gasteiger charge is -2.05. The zero-order valence-corrected chi connectivity index (χ0v) is 8.74. The van der Waals surface area contributed by atoms with Gasteiger partial charge in [0.2, 0.25) is 5.28 Å². The second-order valence-corrected chi connectivity index (χ2v) is 3.44. The van der Waals surface area contributed by atoms with Gasteiger partial charge in [0.1, 0.15) is 17.6 Å². The average molecular weight is 241 g/mol. The van der Waals surface area contributed by atoms with Gasteiger partial charge in [0.15, 0.2) is 0 Å². The average Bonchev–Trinajstić information content (AvgIpc) is 2.26. The SMILES string of the molecule is O=CCn1c(Cl)nc2c(F)cccc2c1=O. The van der Waals surface area contributed by atoms with E-state index < -0.39 is 11.4 Å². The molecule has 1 heterocycles. The van der Waals surface area contributed by atoms with Crippen LogP contribution >= 0.6 is 11.6 Å². The number of nitrogens with zero attached hydrogens (tertiary/aromatic N) is 2. The molecular weight excluding hydrogens is 235 g/mol. The fraction of sp³-hybridized carbons (Fsp3) is 0.100. The van der Waals surface area contributed by atoms with Crippen LogP contribution in [0.1, 0.15) is 0 Å². The fourth-order valence-electron chi connectivity index (χ4n) is 1.42. The predicted molar refractivity (Wildman–Crippen MR) is 57.0 cm³/mol. The van der Waals surface area contributed by atoms with E-state index in [2.05, 4.69) is 4.98 Å². The van der Waals surface area contributed by atoms with Crippen molar-refractivity contribution in [2.24, 2.45) is 0 Å². The Morgan fingerprint density at radius 3 is 2.94 bits per heavy atom. The highest BCUT2D eigenvalue weighted by molar-refractivity contribution is 6.28. The van der Waals surface area contributed by atoms with E-state index >= 15 is 0 Å². The number of carbonyl (C=O) groups excluding carboxylic acids is 1.